The van der Waals surface area contributed by atoms with Crippen molar-refractivity contribution in [2.45, 2.75) is 25.2 Å². The van der Waals surface area contributed by atoms with E-state index in [4.69, 9.17) is 8.94 Å². The van der Waals surface area contributed by atoms with Crippen LogP contribution in [0.4, 0.5) is 0 Å². The number of sulfonamides is 1. The van der Waals surface area contributed by atoms with Crippen LogP contribution in [0.1, 0.15) is 23.8 Å². The van der Waals surface area contributed by atoms with Crippen molar-refractivity contribution < 1.29 is 22.2 Å². The van der Waals surface area contributed by atoms with Gasteiger partial charge in [0.15, 0.2) is 11.3 Å². The number of fused-ring (bicyclic) bond motifs is 1. The summed E-state index contributed by atoms with van der Waals surface area (Å²) in [7, 11) is -3.73. The van der Waals surface area contributed by atoms with Gasteiger partial charge in [-0.3, -0.25) is 4.79 Å². The van der Waals surface area contributed by atoms with Crippen LogP contribution in [0.2, 0.25) is 0 Å². The number of amides is 1. The molecule has 1 saturated heterocycles. The Morgan fingerprint density at radius 2 is 1.93 bits per heavy atom. The first kappa shape index (κ1) is 20.3. The largest absolute Gasteiger partial charge is 0.437 e. The number of aryl methyl sites for hydroxylation is 2. The van der Waals surface area contributed by atoms with Crippen LogP contribution < -0.4 is 0 Å². The van der Waals surface area contributed by atoms with Gasteiger partial charge in [-0.25, -0.2) is 13.4 Å². The Labute approximate surface area is 174 Å². The molecule has 0 N–H and O–H groups in total. The van der Waals surface area contributed by atoms with E-state index in [1.165, 1.54) is 16.5 Å². The van der Waals surface area contributed by atoms with Crippen LogP contribution in [-0.2, 0) is 14.8 Å². The highest BCUT2D eigenvalue weighted by Gasteiger charge is 2.32. The predicted molar refractivity (Wildman–Crippen MR) is 109 cm³/mol. The minimum absolute atomic E-state index is 0.109. The first-order valence-electron chi connectivity index (χ1n) is 9.62. The Balaban J connectivity index is 1.44. The Hall–Kier alpha value is -2.98. The molecule has 0 spiro atoms. The zero-order valence-electron chi connectivity index (χ0n) is 16.7. The van der Waals surface area contributed by atoms with Gasteiger partial charge in [0.25, 0.3) is 0 Å². The standard InChI is InChI=1S/C20H22N4O5S/c1-14-20(15(2)29-22-14)30(26,27)24-11-5-10-23(12-13-24)19(25)9-8-18-21-16-6-3-4-7-17(16)28-18/h3-4,6-9H,5,10-13H2,1-2H3/b9-8+. The minimum Gasteiger partial charge on any atom is -0.437 e. The van der Waals surface area contributed by atoms with E-state index in [1.54, 1.807) is 18.7 Å². The molecule has 0 saturated carbocycles. The summed E-state index contributed by atoms with van der Waals surface area (Å²) in [5.41, 5.74) is 1.71. The Kier molecular flexibility index (Phi) is 5.44. The summed E-state index contributed by atoms with van der Waals surface area (Å²) in [6, 6.07) is 7.36. The summed E-state index contributed by atoms with van der Waals surface area (Å²) in [6.45, 7) is 4.47. The molecule has 0 radical (unpaired) electrons. The number of para-hydroxylation sites is 2. The highest BCUT2D eigenvalue weighted by atomic mass is 32.2. The van der Waals surface area contributed by atoms with Crippen molar-refractivity contribution >= 4 is 33.1 Å². The average Bonchev–Trinajstić information content (AvgIpc) is 3.18. The van der Waals surface area contributed by atoms with Gasteiger partial charge >= 0.3 is 0 Å². The summed E-state index contributed by atoms with van der Waals surface area (Å²) < 4.78 is 38.0. The van der Waals surface area contributed by atoms with Gasteiger partial charge in [-0.05, 0) is 32.4 Å². The molecule has 10 heteroatoms. The second-order valence-corrected chi connectivity index (χ2v) is 8.96. The van der Waals surface area contributed by atoms with Gasteiger partial charge in [0.1, 0.15) is 16.1 Å². The molecule has 3 aromatic rings. The number of hydrogen-bond acceptors (Lipinski definition) is 7. The number of carbonyl (C=O) groups is 1. The van der Waals surface area contributed by atoms with Crippen molar-refractivity contribution in [1.82, 2.24) is 19.3 Å². The van der Waals surface area contributed by atoms with Crippen LogP contribution in [-0.4, -0.2) is 59.8 Å². The molecule has 1 fully saturated rings. The minimum atomic E-state index is -3.73. The fraction of sp³-hybridized carbons (Fsp3) is 0.350. The number of carbonyl (C=O) groups excluding carboxylic acids is 1. The first-order chi connectivity index (χ1) is 14.4. The lowest BCUT2D eigenvalue weighted by atomic mass is 10.3. The van der Waals surface area contributed by atoms with Crippen LogP contribution >= 0.6 is 0 Å². The molecule has 1 amide bonds. The summed E-state index contributed by atoms with van der Waals surface area (Å²) in [4.78, 5) is 18.7. The fourth-order valence-electron chi connectivity index (χ4n) is 3.54. The molecule has 0 unspecified atom stereocenters. The molecular weight excluding hydrogens is 408 g/mol. The predicted octanol–water partition coefficient (Wildman–Crippen LogP) is 2.37. The van der Waals surface area contributed by atoms with Crippen LogP contribution in [0.25, 0.3) is 17.2 Å². The molecule has 1 aliphatic heterocycles. The third-order valence-corrected chi connectivity index (χ3v) is 7.15. The maximum Gasteiger partial charge on any atom is 0.248 e. The van der Waals surface area contributed by atoms with Crippen molar-refractivity contribution in [3.63, 3.8) is 0 Å². The van der Waals surface area contributed by atoms with Gasteiger partial charge in [0, 0.05) is 38.3 Å². The van der Waals surface area contributed by atoms with Crippen molar-refractivity contribution in [3.8, 4) is 0 Å². The molecule has 0 bridgehead atoms. The van der Waals surface area contributed by atoms with Crippen molar-refractivity contribution in [2.75, 3.05) is 26.2 Å². The van der Waals surface area contributed by atoms with E-state index < -0.39 is 10.0 Å². The molecule has 158 valence electrons. The summed E-state index contributed by atoms with van der Waals surface area (Å²) in [5, 5.41) is 3.74. The van der Waals surface area contributed by atoms with E-state index in [-0.39, 0.29) is 23.1 Å². The second kappa shape index (κ2) is 8.04. The van der Waals surface area contributed by atoms with Crippen molar-refractivity contribution in [2.24, 2.45) is 0 Å². The molecule has 2 aromatic heterocycles. The van der Waals surface area contributed by atoms with E-state index >= 15 is 0 Å². The maximum absolute atomic E-state index is 13.0. The summed E-state index contributed by atoms with van der Waals surface area (Å²) in [5.74, 6) is 0.404. The van der Waals surface area contributed by atoms with Crippen LogP contribution in [0, 0.1) is 13.8 Å². The van der Waals surface area contributed by atoms with Crippen LogP contribution in [0.15, 0.2) is 44.2 Å². The van der Waals surface area contributed by atoms with Crippen LogP contribution in [0.5, 0.6) is 0 Å². The van der Waals surface area contributed by atoms with Crippen LogP contribution in [0.3, 0.4) is 0 Å². The Morgan fingerprint density at radius 3 is 2.67 bits per heavy atom. The van der Waals surface area contributed by atoms with E-state index in [1.807, 2.05) is 24.3 Å². The molecule has 4 rings (SSSR count). The highest BCUT2D eigenvalue weighted by Crippen LogP contribution is 2.24. The van der Waals surface area contributed by atoms with Gasteiger partial charge in [0.2, 0.25) is 21.8 Å². The number of hydrogen-bond donors (Lipinski definition) is 0. The van der Waals surface area contributed by atoms with E-state index in [0.717, 1.165) is 5.52 Å². The molecule has 9 nitrogen and oxygen atoms in total. The average molecular weight is 430 g/mol. The lowest BCUT2D eigenvalue weighted by Gasteiger charge is -2.21. The van der Waals surface area contributed by atoms with Gasteiger partial charge in [-0.2, -0.15) is 4.31 Å². The summed E-state index contributed by atoms with van der Waals surface area (Å²) >= 11 is 0. The number of nitrogens with zero attached hydrogens (tertiary/aromatic N) is 4. The van der Waals surface area contributed by atoms with E-state index in [9.17, 15) is 13.2 Å². The molecule has 3 heterocycles. The zero-order chi connectivity index (χ0) is 21.3. The highest BCUT2D eigenvalue weighted by molar-refractivity contribution is 7.89. The van der Waals surface area contributed by atoms with E-state index in [2.05, 4.69) is 10.1 Å². The molecule has 0 aliphatic carbocycles. The monoisotopic (exact) mass is 430 g/mol. The van der Waals surface area contributed by atoms with Gasteiger partial charge in [-0.1, -0.05) is 17.3 Å². The molecule has 1 aromatic carbocycles. The van der Waals surface area contributed by atoms with E-state index in [0.29, 0.717) is 43.2 Å². The fourth-order valence-corrected chi connectivity index (χ4v) is 5.30. The number of rotatable bonds is 4. The molecule has 30 heavy (non-hydrogen) atoms. The number of aromatic nitrogens is 2. The van der Waals surface area contributed by atoms with Crippen molar-refractivity contribution in [1.29, 1.82) is 0 Å². The smallest absolute Gasteiger partial charge is 0.248 e. The van der Waals surface area contributed by atoms with Crippen molar-refractivity contribution in [3.05, 3.63) is 47.7 Å². The zero-order valence-corrected chi connectivity index (χ0v) is 17.6. The number of oxazole rings is 1. The second-order valence-electron chi connectivity index (χ2n) is 7.09. The lowest BCUT2D eigenvalue weighted by Crippen LogP contribution is -2.37. The van der Waals surface area contributed by atoms with Gasteiger partial charge in [0.05, 0.1) is 0 Å². The quantitative estimate of drug-likeness (QED) is 0.585. The molecule has 1 aliphatic rings. The maximum atomic E-state index is 13.0. The molecular formula is C20H22N4O5S. The lowest BCUT2D eigenvalue weighted by molar-refractivity contribution is -0.125. The SMILES string of the molecule is Cc1noc(C)c1S(=O)(=O)N1CCCN(C(=O)/C=C/c2nc3ccccc3o2)CC1. The third kappa shape index (κ3) is 3.88. The Morgan fingerprint density at radius 1 is 1.13 bits per heavy atom. The van der Waals surface area contributed by atoms with Gasteiger partial charge in [-0.15, -0.1) is 0 Å². The topological polar surface area (TPSA) is 110 Å². The first-order valence-corrected chi connectivity index (χ1v) is 11.1. The number of benzene rings is 1. The summed E-state index contributed by atoms with van der Waals surface area (Å²) in [6.07, 6.45) is 3.47. The normalized spacial score (nSPS) is 16.4. The van der Waals surface area contributed by atoms with Gasteiger partial charge < -0.3 is 13.8 Å². The Bertz CT molecular complexity index is 1160. The third-order valence-electron chi connectivity index (χ3n) is 5.01. The molecule has 0 atom stereocenters.